The average molecular weight is 558 g/mol. The quantitative estimate of drug-likeness (QED) is 0.220. The van der Waals surface area contributed by atoms with Gasteiger partial charge in [0, 0.05) is 19.5 Å². The molecule has 4 rings (SSSR count). The molecule has 2 heterocycles. The molecular weight excluding hydrogens is 530 g/mol. The number of hydrogen-bond donors (Lipinski definition) is 1. The first-order valence-corrected chi connectivity index (χ1v) is 13.7. The van der Waals surface area contributed by atoms with E-state index in [2.05, 4.69) is 0 Å². The van der Waals surface area contributed by atoms with E-state index in [0.717, 1.165) is 21.3 Å². The molecule has 0 saturated carbocycles. The van der Waals surface area contributed by atoms with Crippen LogP contribution in [-0.2, 0) is 17.8 Å². The number of nitriles is 1. The van der Waals surface area contributed by atoms with E-state index in [1.54, 1.807) is 6.08 Å². The molecule has 3 aromatic rings. The minimum atomic E-state index is -0.627. The number of nitrogens with zero attached hydrogens (tertiary/aromatic N) is 3. The average Bonchev–Trinajstić information content (AvgIpc) is 3.18. The zero-order valence-electron chi connectivity index (χ0n) is 21.6. The number of thiocarbonyl (C=S) groups is 1. The topological polar surface area (TPSA) is 103 Å². The zero-order valence-corrected chi connectivity index (χ0v) is 23.3. The normalized spacial score (nSPS) is 14.2. The molecule has 9 heteroatoms. The molecule has 198 valence electrons. The van der Waals surface area contributed by atoms with Crippen LogP contribution in [-0.4, -0.2) is 37.1 Å². The predicted octanol–water partition coefficient (Wildman–Crippen LogP) is 5.15. The summed E-state index contributed by atoms with van der Waals surface area (Å²) in [6.07, 6.45) is 2.55. The third-order valence-corrected chi connectivity index (χ3v) is 7.96. The monoisotopic (exact) mass is 557 g/mol. The van der Waals surface area contributed by atoms with Gasteiger partial charge in [0.15, 0.2) is 5.78 Å². The summed E-state index contributed by atoms with van der Waals surface area (Å²) in [4.78, 5) is 41.0. The number of Topliss-reactive ketones (excluding diaryl/α,β-unsaturated/α-hetero) is 1. The molecule has 1 N–H and O–H groups in total. The summed E-state index contributed by atoms with van der Waals surface area (Å²) in [7, 11) is 0. The number of carbonyl (C=O) groups is 2. The van der Waals surface area contributed by atoms with Crippen molar-refractivity contribution in [2.45, 2.75) is 39.7 Å². The van der Waals surface area contributed by atoms with Crippen LogP contribution in [0, 0.1) is 25.2 Å². The van der Waals surface area contributed by atoms with Gasteiger partial charge in [0.25, 0.3) is 11.5 Å². The lowest BCUT2D eigenvalue weighted by atomic mass is 9.99. The van der Waals surface area contributed by atoms with Crippen LogP contribution in [0.4, 0.5) is 0 Å². The summed E-state index contributed by atoms with van der Waals surface area (Å²) in [5, 5.41) is 20.5. The third-order valence-electron chi connectivity index (χ3n) is 6.58. The number of pyridine rings is 1. The fourth-order valence-electron chi connectivity index (χ4n) is 4.41. The Morgan fingerprint density at radius 2 is 1.77 bits per heavy atom. The standard InChI is InChI=1S/C30H27N3O4S2/c1-19-10-12-22(13-11-19)17-25-28(36)33(30(38)39-25)15-6-9-24(34)26-20(2)23(18-31)27(35)32(29(26)37)16-14-21-7-4-3-5-8-21/h3-5,7-8,10-13,17,37H,6,9,14-16H2,1-2H3/b25-17-. The molecule has 1 aliphatic heterocycles. The molecule has 1 aromatic heterocycles. The number of rotatable bonds is 9. The van der Waals surface area contributed by atoms with E-state index in [0.29, 0.717) is 22.1 Å². The van der Waals surface area contributed by atoms with Crippen LogP contribution in [0.3, 0.4) is 0 Å². The zero-order chi connectivity index (χ0) is 28.1. The van der Waals surface area contributed by atoms with Gasteiger partial charge in [0.05, 0.1) is 10.5 Å². The Balaban J connectivity index is 1.47. The molecule has 1 amide bonds. The van der Waals surface area contributed by atoms with Crippen molar-refractivity contribution >= 4 is 46.1 Å². The van der Waals surface area contributed by atoms with Crippen LogP contribution >= 0.6 is 24.0 Å². The van der Waals surface area contributed by atoms with Crippen LogP contribution in [0.1, 0.15) is 51.0 Å². The second kappa shape index (κ2) is 12.2. The molecule has 0 bridgehead atoms. The van der Waals surface area contributed by atoms with Crippen molar-refractivity contribution in [1.82, 2.24) is 9.47 Å². The molecule has 0 atom stereocenters. The molecule has 1 fully saturated rings. The van der Waals surface area contributed by atoms with Gasteiger partial charge in [0.2, 0.25) is 5.88 Å². The number of hydrogen-bond acceptors (Lipinski definition) is 7. The van der Waals surface area contributed by atoms with E-state index < -0.39 is 17.2 Å². The van der Waals surface area contributed by atoms with E-state index in [9.17, 15) is 24.8 Å². The Bertz CT molecular complexity index is 1570. The van der Waals surface area contributed by atoms with E-state index >= 15 is 0 Å². The summed E-state index contributed by atoms with van der Waals surface area (Å²) in [6.45, 7) is 3.84. The number of aryl methyl sites for hydroxylation is 2. The first-order chi connectivity index (χ1) is 18.7. The van der Waals surface area contributed by atoms with Crippen molar-refractivity contribution in [1.29, 1.82) is 5.26 Å². The fraction of sp³-hybridized carbons (Fsp3) is 0.233. The first-order valence-electron chi connectivity index (χ1n) is 12.5. The molecule has 1 aliphatic rings. The van der Waals surface area contributed by atoms with Gasteiger partial charge in [0.1, 0.15) is 16.0 Å². The third kappa shape index (κ3) is 6.19. The van der Waals surface area contributed by atoms with E-state index in [1.165, 1.54) is 23.6 Å². The predicted molar refractivity (Wildman–Crippen MR) is 157 cm³/mol. The number of carbonyl (C=O) groups excluding carboxylic acids is 2. The molecule has 0 spiro atoms. The summed E-state index contributed by atoms with van der Waals surface area (Å²) in [6, 6.07) is 19.1. The van der Waals surface area contributed by atoms with Crippen molar-refractivity contribution in [2.24, 2.45) is 0 Å². The highest BCUT2D eigenvalue weighted by atomic mass is 32.2. The van der Waals surface area contributed by atoms with Gasteiger partial charge >= 0.3 is 0 Å². The van der Waals surface area contributed by atoms with Crippen LogP contribution in [0.25, 0.3) is 6.08 Å². The van der Waals surface area contributed by atoms with E-state index in [4.69, 9.17) is 12.2 Å². The molecule has 0 aliphatic carbocycles. The Labute approximate surface area is 236 Å². The van der Waals surface area contributed by atoms with Crippen molar-refractivity contribution in [2.75, 3.05) is 6.54 Å². The maximum atomic E-state index is 13.2. The van der Waals surface area contributed by atoms with Gasteiger partial charge in [-0.05, 0) is 49.5 Å². The number of aromatic nitrogens is 1. The summed E-state index contributed by atoms with van der Waals surface area (Å²) in [5.41, 5.74) is 2.31. The Kier molecular flexibility index (Phi) is 8.79. The molecule has 39 heavy (non-hydrogen) atoms. The fourth-order valence-corrected chi connectivity index (χ4v) is 5.72. The van der Waals surface area contributed by atoms with Crippen LogP contribution in [0.2, 0.25) is 0 Å². The molecular formula is C30H27N3O4S2. The first kappa shape index (κ1) is 28.0. The minimum absolute atomic E-state index is 0.00419. The second-order valence-corrected chi connectivity index (χ2v) is 10.9. The number of benzene rings is 2. The van der Waals surface area contributed by atoms with Gasteiger partial charge in [-0.2, -0.15) is 5.26 Å². The lowest BCUT2D eigenvalue weighted by Crippen LogP contribution is -2.30. The lowest BCUT2D eigenvalue weighted by molar-refractivity contribution is -0.122. The summed E-state index contributed by atoms with van der Waals surface area (Å²) >= 11 is 6.63. The van der Waals surface area contributed by atoms with Gasteiger partial charge in [-0.15, -0.1) is 0 Å². The SMILES string of the molecule is Cc1ccc(/C=C2\SC(=S)N(CCCC(=O)c3c(C)c(C#N)c(=O)n(CCc4ccccc4)c3O)C2=O)cc1. The van der Waals surface area contributed by atoms with Gasteiger partial charge in [-0.25, -0.2) is 0 Å². The number of amides is 1. The van der Waals surface area contributed by atoms with E-state index in [1.807, 2.05) is 67.6 Å². The Hall–Kier alpha value is -4.00. The summed E-state index contributed by atoms with van der Waals surface area (Å²) < 4.78 is 1.51. The van der Waals surface area contributed by atoms with Crippen molar-refractivity contribution in [3.63, 3.8) is 0 Å². The Morgan fingerprint density at radius 3 is 2.44 bits per heavy atom. The highest BCUT2D eigenvalue weighted by Gasteiger charge is 2.32. The maximum Gasteiger partial charge on any atom is 0.271 e. The minimum Gasteiger partial charge on any atom is -0.494 e. The van der Waals surface area contributed by atoms with Crippen molar-refractivity contribution in [3.05, 3.63) is 103 Å². The smallest absolute Gasteiger partial charge is 0.271 e. The number of thioether (sulfide) groups is 1. The molecule has 0 unspecified atom stereocenters. The molecule has 0 radical (unpaired) electrons. The highest BCUT2D eigenvalue weighted by molar-refractivity contribution is 8.26. The second-order valence-electron chi connectivity index (χ2n) is 9.27. The highest BCUT2D eigenvalue weighted by Crippen LogP contribution is 2.33. The largest absolute Gasteiger partial charge is 0.494 e. The van der Waals surface area contributed by atoms with Gasteiger partial charge in [-0.1, -0.05) is 84.1 Å². The Morgan fingerprint density at radius 1 is 1.08 bits per heavy atom. The lowest BCUT2D eigenvalue weighted by Gasteiger charge is -2.17. The van der Waals surface area contributed by atoms with Gasteiger partial charge < -0.3 is 5.11 Å². The molecule has 7 nitrogen and oxygen atoms in total. The molecule has 1 saturated heterocycles. The van der Waals surface area contributed by atoms with Crippen LogP contribution in [0.5, 0.6) is 5.88 Å². The maximum absolute atomic E-state index is 13.2. The van der Waals surface area contributed by atoms with Crippen molar-refractivity contribution in [3.8, 4) is 11.9 Å². The van der Waals surface area contributed by atoms with Crippen LogP contribution < -0.4 is 5.56 Å². The van der Waals surface area contributed by atoms with Gasteiger partial charge in [-0.3, -0.25) is 23.9 Å². The van der Waals surface area contributed by atoms with E-state index in [-0.39, 0.29) is 42.1 Å². The molecule has 2 aromatic carbocycles. The summed E-state index contributed by atoms with van der Waals surface area (Å²) in [5.74, 6) is -1.06. The van der Waals surface area contributed by atoms with Crippen LogP contribution in [0.15, 0.2) is 64.3 Å². The number of aromatic hydroxyl groups is 1. The number of ketones is 1. The van der Waals surface area contributed by atoms with Crippen molar-refractivity contribution < 1.29 is 14.7 Å².